The van der Waals surface area contributed by atoms with Crippen LogP contribution in [0, 0.1) is 18.6 Å². The van der Waals surface area contributed by atoms with Gasteiger partial charge in [0, 0.05) is 48.9 Å². The van der Waals surface area contributed by atoms with Crippen molar-refractivity contribution < 1.29 is 23.0 Å². The maximum Gasteiger partial charge on any atom is 0.410 e. The van der Waals surface area contributed by atoms with Gasteiger partial charge in [0.05, 0.1) is 35.3 Å². The number of anilines is 1. The van der Waals surface area contributed by atoms with Gasteiger partial charge in [-0.1, -0.05) is 19.9 Å². The van der Waals surface area contributed by atoms with Crippen LogP contribution in [-0.2, 0) is 4.74 Å². The van der Waals surface area contributed by atoms with E-state index in [0.29, 0.717) is 47.6 Å². The second-order valence-corrected chi connectivity index (χ2v) is 12.9. The number of carbonyl (C=O) groups is 1. The molecule has 2 aromatic carbocycles. The Morgan fingerprint density at radius 1 is 1.07 bits per heavy atom. The quantitative estimate of drug-likeness (QED) is 0.235. The normalized spacial score (nSPS) is 15.6. The van der Waals surface area contributed by atoms with Crippen LogP contribution in [-0.4, -0.2) is 58.9 Å². The number of hydrogen-bond donors (Lipinski definition) is 0. The van der Waals surface area contributed by atoms with Crippen LogP contribution in [0.2, 0.25) is 0 Å². The predicted molar refractivity (Wildman–Crippen MR) is 173 cm³/mol. The highest BCUT2D eigenvalue weighted by molar-refractivity contribution is 5.96. The number of aromatic nitrogens is 2. The van der Waals surface area contributed by atoms with E-state index in [1.54, 1.807) is 21.7 Å². The number of carbonyl (C=O) groups excluding carboxylic acids is 1. The van der Waals surface area contributed by atoms with Crippen LogP contribution in [0.3, 0.4) is 0 Å². The number of aryl methyl sites for hydroxylation is 1. The standard InChI is InChI=1S/C35H40F2N4O4/c1-20(2)32-33(21(3)12-13-38-32)41-28-17-23(31-25(36)10-9-11-29(31)44-8)26(37)16-24(28)27(18-30(41)42)39-14-15-40(22(4)19-39)34(43)45-35(5,6)7/h9-13,16-18,20,22H,14-15,19H2,1-8H3/t22-/m0/s1. The van der Waals surface area contributed by atoms with Crippen LogP contribution in [0.5, 0.6) is 5.75 Å². The number of fused-ring (bicyclic) bond motifs is 1. The first kappa shape index (κ1) is 31.9. The lowest BCUT2D eigenvalue weighted by Crippen LogP contribution is -2.55. The van der Waals surface area contributed by atoms with Gasteiger partial charge in [-0.05, 0) is 76.4 Å². The molecule has 1 aliphatic heterocycles. The van der Waals surface area contributed by atoms with Gasteiger partial charge in [-0.2, -0.15) is 0 Å². The molecule has 0 spiro atoms. The van der Waals surface area contributed by atoms with E-state index in [4.69, 9.17) is 9.47 Å². The summed E-state index contributed by atoms with van der Waals surface area (Å²) in [6.45, 7) is 14.4. The summed E-state index contributed by atoms with van der Waals surface area (Å²) >= 11 is 0. The third-order valence-electron chi connectivity index (χ3n) is 8.07. The van der Waals surface area contributed by atoms with Gasteiger partial charge in [0.1, 0.15) is 23.0 Å². The topological polar surface area (TPSA) is 76.9 Å². The molecule has 0 N–H and O–H groups in total. The minimum Gasteiger partial charge on any atom is -0.496 e. The van der Waals surface area contributed by atoms with Crippen molar-refractivity contribution in [2.75, 3.05) is 31.6 Å². The maximum atomic E-state index is 16.2. The lowest BCUT2D eigenvalue weighted by atomic mass is 9.98. The zero-order valence-electron chi connectivity index (χ0n) is 27.1. The van der Waals surface area contributed by atoms with Crippen molar-refractivity contribution in [2.45, 2.75) is 66.0 Å². The SMILES string of the molecule is COc1cccc(F)c1-c1cc2c(cc1F)c(N1CCN(C(=O)OC(C)(C)C)[C@@H](C)C1)cc(=O)n2-c1c(C)ccnc1C(C)C. The first-order valence-electron chi connectivity index (χ1n) is 15.1. The molecule has 1 amide bonds. The van der Waals surface area contributed by atoms with Gasteiger partial charge in [-0.25, -0.2) is 13.6 Å². The fourth-order valence-electron chi connectivity index (χ4n) is 6.00. The summed E-state index contributed by atoms with van der Waals surface area (Å²) in [6, 6.07) is 10.3. The molecule has 10 heteroatoms. The van der Waals surface area contributed by atoms with Crippen LogP contribution in [0.4, 0.5) is 19.3 Å². The van der Waals surface area contributed by atoms with E-state index < -0.39 is 23.3 Å². The molecule has 4 aromatic rings. The monoisotopic (exact) mass is 618 g/mol. The van der Waals surface area contributed by atoms with Crippen molar-refractivity contribution in [3.8, 4) is 22.6 Å². The Morgan fingerprint density at radius 2 is 1.80 bits per heavy atom. The molecule has 2 aromatic heterocycles. The van der Waals surface area contributed by atoms with Crippen molar-refractivity contribution in [1.82, 2.24) is 14.5 Å². The zero-order valence-corrected chi connectivity index (χ0v) is 27.1. The van der Waals surface area contributed by atoms with Crippen molar-refractivity contribution in [1.29, 1.82) is 0 Å². The molecule has 3 heterocycles. The number of ether oxygens (including phenoxy) is 2. The van der Waals surface area contributed by atoms with Crippen LogP contribution in [0.25, 0.3) is 27.7 Å². The van der Waals surface area contributed by atoms with Crippen molar-refractivity contribution in [3.05, 3.63) is 81.9 Å². The molecule has 5 rings (SSSR count). The number of halogens is 2. The number of methoxy groups -OCH3 is 1. The maximum absolute atomic E-state index is 16.2. The third kappa shape index (κ3) is 6.10. The van der Waals surface area contributed by atoms with Crippen molar-refractivity contribution in [2.24, 2.45) is 0 Å². The molecular weight excluding hydrogens is 578 g/mol. The molecule has 1 atom stereocenters. The number of hydrogen-bond acceptors (Lipinski definition) is 6. The Balaban J connectivity index is 1.74. The Kier molecular flexibility index (Phi) is 8.62. The fraction of sp³-hybridized carbons (Fsp3) is 0.400. The van der Waals surface area contributed by atoms with Gasteiger partial charge in [-0.15, -0.1) is 0 Å². The number of benzene rings is 2. The van der Waals surface area contributed by atoms with Gasteiger partial charge in [0.2, 0.25) is 0 Å². The number of pyridine rings is 2. The summed E-state index contributed by atoms with van der Waals surface area (Å²) in [5.74, 6) is -1.16. The molecule has 1 saturated heterocycles. The summed E-state index contributed by atoms with van der Waals surface area (Å²) in [6.07, 6.45) is 1.30. The Bertz CT molecular complexity index is 1830. The van der Waals surface area contributed by atoms with Gasteiger partial charge >= 0.3 is 6.09 Å². The second kappa shape index (κ2) is 12.1. The molecule has 8 nitrogen and oxygen atoms in total. The van der Waals surface area contributed by atoms with Crippen LogP contribution in [0.1, 0.15) is 58.7 Å². The van der Waals surface area contributed by atoms with Crippen LogP contribution >= 0.6 is 0 Å². The molecule has 238 valence electrons. The summed E-state index contributed by atoms with van der Waals surface area (Å²) in [5, 5.41) is 0.474. The Morgan fingerprint density at radius 3 is 2.44 bits per heavy atom. The van der Waals surface area contributed by atoms with Crippen molar-refractivity contribution in [3.63, 3.8) is 0 Å². The van der Waals surface area contributed by atoms with E-state index in [0.717, 1.165) is 5.56 Å². The van der Waals surface area contributed by atoms with Gasteiger partial charge < -0.3 is 19.3 Å². The average molecular weight is 619 g/mol. The highest BCUT2D eigenvalue weighted by Gasteiger charge is 2.32. The lowest BCUT2D eigenvalue weighted by molar-refractivity contribution is 0.0159. The number of amides is 1. The largest absolute Gasteiger partial charge is 0.496 e. The summed E-state index contributed by atoms with van der Waals surface area (Å²) in [5.41, 5.74) is 2.03. The average Bonchev–Trinajstić information content (AvgIpc) is 2.96. The third-order valence-corrected chi connectivity index (χ3v) is 8.07. The molecule has 0 radical (unpaired) electrons. The minimum atomic E-state index is -0.662. The molecule has 0 unspecified atom stereocenters. The lowest BCUT2D eigenvalue weighted by Gasteiger charge is -2.41. The predicted octanol–water partition coefficient (Wildman–Crippen LogP) is 7.22. The van der Waals surface area contributed by atoms with E-state index in [9.17, 15) is 9.59 Å². The van der Waals surface area contributed by atoms with E-state index in [1.807, 2.05) is 59.4 Å². The van der Waals surface area contributed by atoms with Gasteiger partial charge in [0.15, 0.2) is 0 Å². The second-order valence-electron chi connectivity index (χ2n) is 12.9. The molecule has 45 heavy (non-hydrogen) atoms. The minimum absolute atomic E-state index is 0.0186. The molecule has 0 aliphatic carbocycles. The van der Waals surface area contributed by atoms with E-state index in [2.05, 4.69) is 4.98 Å². The smallest absolute Gasteiger partial charge is 0.410 e. The fourth-order valence-corrected chi connectivity index (χ4v) is 6.00. The first-order chi connectivity index (χ1) is 21.2. The number of rotatable bonds is 5. The molecule has 0 bridgehead atoms. The molecule has 1 aliphatic rings. The van der Waals surface area contributed by atoms with Crippen molar-refractivity contribution >= 4 is 22.7 Å². The van der Waals surface area contributed by atoms with Crippen LogP contribution in [0.15, 0.2) is 53.5 Å². The van der Waals surface area contributed by atoms with E-state index in [-0.39, 0.29) is 34.4 Å². The highest BCUT2D eigenvalue weighted by Crippen LogP contribution is 2.39. The molecule has 1 fully saturated rings. The highest BCUT2D eigenvalue weighted by atomic mass is 19.1. The van der Waals surface area contributed by atoms with Crippen LogP contribution < -0.4 is 15.2 Å². The summed E-state index contributed by atoms with van der Waals surface area (Å²) in [7, 11) is 1.40. The number of piperazine rings is 1. The first-order valence-corrected chi connectivity index (χ1v) is 15.1. The van der Waals surface area contributed by atoms with Gasteiger partial charge in [-0.3, -0.25) is 14.3 Å². The Hall–Kier alpha value is -4.47. The Labute approximate surface area is 262 Å². The van der Waals surface area contributed by atoms with E-state index in [1.165, 1.54) is 37.4 Å². The van der Waals surface area contributed by atoms with E-state index >= 15 is 8.78 Å². The number of nitrogens with zero attached hydrogens (tertiary/aromatic N) is 4. The molecule has 0 saturated carbocycles. The summed E-state index contributed by atoms with van der Waals surface area (Å²) in [4.78, 5) is 35.3. The molecular formula is C35H40F2N4O4. The zero-order chi connectivity index (χ0) is 32.8. The van der Waals surface area contributed by atoms with Gasteiger partial charge in [0.25, 0.3) is 5.56 Å². The summed E-state index contributed by atoms with van der Waals surface area (Å²) < 4.78 is 44.0.